The predicted molar refractivity (Wildman–Crippen MR) is 103 cm³/mol. The zero-order chi connectivity index (χ0) is 19.8. The average molecular weight is 386 g/mol. The number of hydrogen-bond acceptors (Lipinski definition) is 7. The van der Waals surface area contributed by atoms with Crippen LogP contribution in [0.5, 0.6) is 0 Å². The fourth-order valence-corrected chi connectivity index (χ4v) is 3.94. The molecule has 0 radical (unpaired) electrons. The minimum atomic E-state index is -0.770. The predicted octanol–water partition coefficient (Wildman–Crippen LogP) is -0.485. The van der Waals surface area contributed by atoms with Gasteiger partial charge in [0.25, 0.3) is 5.91 Å². The van der Waals surface area contributed by atoms with Crippen LogP contribution in [0.15, 0.2) is 35.3 Å². The Bertz CT molecular complexity index is 777. The molecule has 28 heavy (non-hydrogen) atoms. The normalized spacial score (nSPS) is 26.8. The lowest BCUT2D eigenvalue weighted by Gasteiger charge is -2.40. The molecule has 3 aliphatic rings. The Balaban J connectivity index is 1.63. The highest BCUT2D eigenvalue weighted by atomic mass is 16.3. The van der Waals surface area contributed by atoms with Crippen LogP contribution in [0, 0.1) is 0 Å². The standard InChI is InChI=1S/C19H26N6O3/c1-22-8-10-24(11-9-22)18-20-16-15(17(27)21-19(28)23(16)2)25(18)12-14(26)13-6-4-3-5-7-13/h3-7,14-16,26H,8-12H2,1-2H3,(H,21,27,28). The summed E-state index contributed by atoms with van der Waals surface area (Å²) in [7, 11) is 3.71. The average Bonchev–Trinajstić information content (AvgIpc) is 3.07. The zero-order valence-electron chi connectivity index (χ0n) is 16.2. The number of carbonyl (C=O) groups is 2. The number of aliphatic hydroxyl groups is 1. The quantitative estimate of drug-likeness (QED) is 0.729. The van der Waals surface area contributed by atoms with Crippen molar-refractivity contribution in [3.8, 4) is 0 Å². The number of rotatable bonds is 3. The number of aliphatic imine (C=N–C) groups is 1. The molecule has 3 atom stereocenters. The van der Waals surface area contributed by atoms with Gasteiger partial charge < -0.3 is 24.7 Å². The van der Waals surface area contributed by atoms with Crippen LogP contribution in [-0.2, 0) is 4.79 Å². The Kier molecular flexibility index (Phi) is 4.94. The SMILES string of the molecule is CN1CCN(C2=NC3C(C(=O)NC(=O)N3C)N2CC(O)c2ccccc2)CC1. The van der Waals surface area contributed by atoms with Crippen molar-refractivity contribution in [3.05, 3.63) is 35.9 Å². The Hall–Kier alpha value is -2.65. The summed E-state index contributed by atoms with van der Waals surface area (Å²) in [6.45, 7) is 3.58. The summed E-state index contributed by atoms with van der Waals surface area (Å²) in [6.07, 6.45) is -1.35. The largest absolute Gasteiger partial charge is 0.387 e. The first kappa shape index (κ1) is 18.7. The zero-order valence-corrected chi connectivity index (χ0v) is 16.2. The molecule has 3 unspecified atom stereocenters. The van der Waals surface area contributed by atoms with E-state index in [1.165, 1.54) is 4.90 Å². The molecule has 2 N–H and O–H groups in total. The summed E-state index contributed by atoms with van der Waals surface area (Å²) >= 11 is 0. The summed E-state index contributed by atoms with van der Waals surface area (Å²) in [5, 5.41) is 13.2. The summed E-state index contributed by atoms with van der Waals surface area (Å²) in [4.78, 5) is 37.2. The second kappa shape index (κ2) is 7.40. The van der Waals surface area contributed by atoms with Gasteiger partial charge in [0.05, 0.1) is 12.6 Å². The molecule has 4 rings (SSSR count). The van der Waals surface area contributed by atoms with Gasteiger partial charge in [0.15, 0.2) is 18.2 Å². The molecule has 0 bridgehead atoms. The molecular formula is C19H26N6O3. The van der Waals surface area contributed by atoms with Crippen LogP contribution in [0.4, 0.5) is 4.79 Å². The minimum absolute atomic E-state index is 0.228. The van der Waals surface area contributed by atoms with Gasteiger partial charge in [0, 0.05) is 33.2 Å². The van der Waals surface area contributed by atoms with E-state index in [2.05, 4.69) is 22.2 Å². The number of nitrogens with zero attached hydrogens (tertiary/aromatic N) is 5. The van der Waals surface area contributed by atoms with E-state index in [0.717, 1.165) is 31.7 Å². The summed E-state index contributed by atoms with van der Waals surface area (Å²) < 4.78 is 0. The third-order valence-electron chi connectivity index (χ3n) is 5.68. The maximum atomic E-state index is 12.7. The molecule has 0 aromatic heterocycles. The number of amides is 3. The van der Waals surface area contributed by atoms with Crippen LogP contribution >= 0.6 is 0 Å². The first-order valence-corrected chi connectivity index (χ1v) is 9.54. The van der Waals surface area contributed by atoms with E-state index in [0.29, 0.717) is 5.96 Å². The number of guanidine groups is 1. The second-order valence-corrected chi connectivity index (χ2v) is 7.56. The fourth-order valence-electron chi connectivity index (χ4n) is 3.94. The van der Waals surface area contributed by atoms with E-state index in [1.807, 2.05) is 35.2 Å². The Morgan fingerprint density at radius 1 is 1.14 bits per heavy atom. The van der Waals surface area contributed by atoms with Crippen LogP contribution in [0.3, 0.4) is 0 Å². The third-order valence-corrected chi connectivity index (χ3v) is 5.68. The first-order valence-electron chi connectivity index (χ1n) is 9.54. The maximum absolute atomic E-state index is 12.7. The monoisotopic (exact) mass is 386 g/mol. The van der Waals surface area contributed by atoms with E-state index >= 15 is 0 Å². The molecule has 2 saturated heterocycles. The number of likely N-dealkylation sites (N-methyl/N-ethyl adjacent to an activating group) is 2. The molecule has 150 valence electrons. The lowest BCUT2D eigenvalue weighted by molar-refractivity contribution is -0.127. The number of aliphatic hydroxyl groups excluding tert-OH is 1. The second-order valence-electron chi connectivity index (χ2n) is 7.56. The molecule has 3 amide bonds. The van der Waals surface area contributed by atoms with Gasteiger partial charge in [-0.3, -0.25) is 10.1 Å². The number of urea groups is 1. The van der Waals surface area contributed by atoms with Crippen molar-refractivity contribution in [1.29, 1.82) is 0 Å². The van der Waals surface area contributed by atoms with Gasteiger partial charge in [0.2, 0.25) is 0 Å². The van der Waals surface area contributed by atoms with Crippen LogP contribution < -0.4 is 5.32 Å². The number of hydrogen-bond donors (Lipinski definition) is 2. The summed E-state index contributed by atoms with van der Waals surface area (Å²) in [5.74, 6) is 0.302. The number of fused-ring (bicyclic) bond motifs is 1. The van der Waals surface area contributed by atoms with Crippen molar-refractivity contribution in [2.24, 2.45) is 4.99 Å². The molecule has 0 aliphatic carbocycles. The van der Waals surface area contributed by atoms with Gasteiger partial charge in [0.1, 0.15) is 0 Å². The molecule has 9 nitrogen and oxygen atoms in total. The number of benzene rings is 1. The van der Waals surface area contributed by atoms with Gasteiger partial charge in [-0.15, -0.1) is 0 Å². The van der Waals surface area contributed by atoms with E-state index < -0.39 is 24.3 Å². The number of carbonyl (C=O) groups excluding carboxylic acids is 2. The highest BCUT2D eigenvalue weighted by Gasteiger charge is 2.50. The molecule has 0 saturated carbocycles. The maximum Gasteiger partial charge on any atom is 0.325 e. The Labute approximate surface area is 164 Å². The van der Waals surface area contributed by atoms with Crippen LogP contribution in [-0.4, -0.2) is 102 Å². The molecule has 1 aromatic carbocycles. The number of nitrogens with one attached hydrogen (secondary N) is 1. The van der Waals surface area contributed by atoms with Gasteiger partial charge >= 0.3 is 6.03 Å². The van der Waals surface area contributed by atoms with Gasteiger partial charge in [-0.25, -0.2) is 9.79 Å². The van der Waals surface area contributed by atoms with Crippen LogP contribution in [0.1, 0.15) is 11.7 Å². The summed E-state index contributed by atoms with van der Waals surface area (Å²) in [6, 6.07) is 8.28. The van der Waals surface area contributed by atoms with E-state index in [-0.39, 0.29) is 12.5 Å². The molecular weight excluding hydrogens is 360 g/mol. The minimum Gasteiger partial charge on any atom is -0.387 e. The van der Waals surface area contributed by atoms with E-state index in [1.54, 1.807) is 7.05 Å². The fraction of sp³-hybridized carbons (Fsp3) is 0.526. The lowest BCUT2D eigenvalue weighted by atomic mass is 10.1. The lowest BCUT2D eigenvalue weighted by Crippen LogP contribution is -2.65. The molecule has 3 aliphatic heterocycles. The summed E-state index contributed by atoms with van der Waals surface area (Å²) in [5.41, 5.74) is 0.782. The molecule has 3 heterocycles. The van der Waals surface area contributed by atoms with Crippen molar-refractivity contribution >= 4 is 17.9 Å². The van der Waals surface area contributed by atoms with Crippen LogP contribution in [0.2, 0.25) is 0 Å². The third kappa shape index (κ3) is 3.31. The first-order chi connectivity index (χ1) is 13.5. The molecule has 0 spiro atoms. The van der Waals surface area contributed by atoms with Crippen molar-refractivity contribution < 1.29 is 14.7 Å². The van der Waals surface area contributed by atoms with Crippen molar-refractivity contribution in [2.45, 2.75) is 18.3 Å². The number of imide groups is 1. The van der Waals surface area contributed by atoms with Crippen molar-refractivity contribution in [3.63, 3.8) is 0 Å². The smallest absolute Gasteiger partial charge is 0.325 e. The molecule has 9 heteroatoms. The van der Waals surface area contributed by atoms with E-state index in [9.17, 15) is 14.7 Å². The van der Waals surface area contributed by atoms with E-state index in [4.69, 9.17) is 4.99 Å². The topological polar surface area (TPSA) is 91.7 Å². The Morgan fingerprint density at radius 3 is 2.50 bits per heavy atom. The van der Waals surface area contributed by atoms with Gasteiger partial charge in [-0.05, 0) is 12.6 Å². The molecule has 2 fully saturated rings. The molecule has 1 aromatic rings. The Morgan fingerprint density at radius 2 is 1.82 bits per heavy atom. The van der Waals surface area contributed by atoms with Crippen molar-refractivity contribution in [2.75, 3.05) is 46.8 Å². The highest BCUT2D eigenvalue weighted by molar-refractivity contribution is 6.03. The highest BCUT2D eigenvalue weighted by Crippen LogP contribution is 2.28. The number of piperazine rings is 1. The number of β-amino-alcohol motifs (C(OH)–C–C–N with tert-alkyl or cyclic N) is 1. The van der Waals surface area contributed by atoms with Crippen molar-refractivity contribution in [1.82, 2.24) is 24.9 Å². The van der Waals surface area contributed by atoms with Gasteiger partial charge in [-0.2, -0.15) is 0 Å². The van der Waals surface area contributed by atoms with Gasteiger partial charge in [-0.1, -0.05) is 30.3 Å². The van der Waals surface area contributed by atoms with Crippen LogP contribution in [0.25, 0.3) is 0 Å².